The number of hydrogen-bond acceptors (Lipinski definition) is 8. The van der Waals surface area contributed by atoms with Crippen LogP contribution in [0.4, 0.5) is 4.79 Å². The minimum Gasteiger partial charge on any atom is -0.445 e. The van der Waals surface area contributed by atoms with E-state index in [4.69, 9.17) is 9.47 Å². The van der Waals surface area contributed by atoms with E-state index in [9.17, 15) is 30.0 Å². The Hall–Kier alpha value is -1.26. The molecule has 3 unspecified atom stereocenters. The normalized spacial score (nSPS) is 42.2. The van der Waals surface area contributed by atoms with Crippen molar-refractivity contribution in [2.24, 2.45) is 16.7 Å². The highest BCUT2D eigenvalue weighted by molar-refractivity contribution is 5.92. The van der Waals surface area contributed by atoms with Gasteiger partial charge in [0.25, 0.3) is 0 Å². The average Bonchev–Trinajstić information content (AvgIpc) is 3.01. The van der Waals surface area contributed by atoms with Crippen LogP contribution in [0, 0.1) is 16.7 Å². The number of fused-ring (bicyclic) bond motifs is 2. The number of aliphatic hydroxyl groups is 4. The third kappa shape index (κ3) is 3.54. The van der Waals surface area contributed by atoms with Gasteiger partial charge in [0.15, 0.2) is 6.29 Å². The summed E-state index contributed by atoms with van der Waals surface area (Å²) >= 11 is 0. The monoisotopic (exact) mass is 429 g/mol. The van der Waals surface area contributed by atoms with E-state index in [1.165, 1.54) is 0 Å². The van der Waals surface area contributed by atoms with Gasteiger partial charge in [0.1, 0.15) is 30.5 Å². The molecule has 30 heavy (non-hydrogen) atoms. The van der Waals surface area contributed by atoms with Gasteiger partial charge in [-0.05, 0) is 37.0 Å². The van der Waals surface area contributed by atoms with Crippen molar-refractivity contribution >= 4 is 12.0 Å². The van der Waals surface area contributed by atoms with Gasteiger partial charge >= 0.3 is 6.09 Å². The van der Waals surface area contributed by atoms with E-state index in [1.807, 2.05) is 0 Å². The average molecular weight is 430 g/mol. The van der Waals surface area contributed by atoms with Crippen LogP contribution in [0.25, 0.3) is 0 Å². The Labute approximate surface area is 177 Å². The summed E-state index contributed by atoms with van der Waals surface area (Å²) in [5.74, 6) is -0.210. The van der Waals surface area contributed by atoms with Crippen molar-refractivity contribution in [2.45, 2.75) is 96.5 Å². The lowest BCUT2D eigenvalue weighted by Gasteiger charge is -2.44. The lowest BCUT2D eigenvalue weighted by atomic mass is 9.70. The summed E-state index contributed by atoms with van der Waals surface area (Å²) in [4.78, 5) is 26.6. The second-order valence-electron chi connectivity index (χ2n) is 9.72. The van der Waals surface area contributed by atoms with E-state index in [1.54, 1.807) is 6.92 Å². The van der Waals surface area contributed by atoms with Crippen molar-refractivity contribution < 1.29 is 39.5 Å². The predicted molar refractivity (Wildman–Crippen MR) is 105 cm³/mol. The lowest BCUT2D eigenvalue weighted by molar-refractivity contribution is -0.267. The van der Waals surface area contributed by atoms with Crippen LogP contribution in [-0.4, -0.2) is 80.7 Å². The molecule has 2 aliphatic carbocycles. The highest BCUT2D eigenvalue weighted by Crippen LogP contribution is 2.66. The molecule has 3 aliphatic rings. The number of hydrogen-bond donors (Lipinski definition) is 4. The fourth-order valence-corrected chi connectivity index (χ4v) is 5.57. The largest absolute Gasteiger partial charge is 0.445 e. The molecular weight excluding hydrogens is 394 g/mol. The number of carbonyl (C=O) groups is 2. The molecule has 9 nitrogen and oxygen atoms in total. The molecule has 4 N–H and O–H groups in total. The Kier molecular flexibility index (Phi) is 6.51. The van der Waals surface area contributed by atoms with Crippen LogP contribution in [0.5, 0.6) is 0 Å². The SMILES string of the molecule is CCCC(=O)N(C(=O)O[C@@H]1CC2CCC1(C)C2(C)C)[C@H]1C(O)O[C@H](CO)[C@@H](O)[C@@H]1O. The molecule has 9 heteroatoms. The van der Waals surface area contributed by atoms with Gasteiger partial charge in [-0.15, -0.1) is 0 Å². The van der Waals surface area contributed by atoms with E-state index in [-0.39, 0.29) is 23.4 Å². The molecule has 172 valence electrons. The van der Waals surface area contributed by atoms with Gasteiger partial charge < -0.3 is 29.9 Å². The molecule has 3 rings (SSSR count). The Balaban J connectivity index is 1.84. The number of ether oxygens (including phenoxy) is 2. The maximum atomic E-state index is 13.2. The molecule has 2 amide bonds. The van der Waals surface area contributed by atoms with Gasteiger partial charge in [-0.3, -0.25) is 4.79 Å². The number of imide groups is 1. The Morgan fingerprint density at radius 1 is 1.17 bits per heavy atom. The first-order valence-electron chi connectivity index (χ1n) is 10.8. The minimum absolute atomic E-state index is 0.000611. The summed E-state index contributed by atoms with van der Waals surface area (Å²) in [7, 11) is 0. The van der Waals surface area contributed by atoms with Gasteiger partial charge in [-0.25, -0.2) is 9.69 Å². The molecule has 1 saturated heterocycles. The van der Waals surface area contributed by atoms with Gasteiger partial charge in [-0.2, -0.15) is 0 Å². The predicted octanol–water partition coefficient (Wildman–Crippen LogP) is 0.766. The van der Waals surface area contributed by atoms with Crippen molar-refractivity contribution in [3.8, 4) is 0 Å². The third-order valence-corrected chi connectivity index (χ3v) is 8.05. The summed E-state index contributed by atoms with van der Waals surface area (Å²) in [6, 6.07) is -1.53. The summed E-state index contributed by atoms with van der Waals surface area (Å²) in [6.45, 7) is 7.58. The maximum absolute atomic E-state index is 13.2. The van der Waals surface area contributed by atoms with Gasteiger partial charge in [0, 0.05) is 11.8 Å². The van der Waals surface area contributed by atoms with Crippen molar-refractivity contribution in [3.05, 3.63) is 0 Å². The molecule has 3 fully saturated rings. The molecule has 2 saturated carbocycles. The summed E-state index contributed by atoms with van der Waals surface area (Å²) in [5.41, 5.74) is -0.234. The summed E-state index contributed by atoms with van der Waals surface area (Å²) in [6.07, 6.45) is -4.46. The summed E-state index contributed by atoms with van der Waals surface area (Å²) in [5, 5.41) is 40.4. The number of rotatable bonds is 5. The maximum Gasteiger partial charge on any atom is 0.417 e. The highest BCUT2D eigenvalue weighted by atomic mass is 16.6. The number of aliphatic hydroxyl groups excluding tert-OH is 4. The molecule has 1 aliphatic heterocycles. The number of nitrogens with zero attached hydrogens (tertiary/aromatic N) is 1. The van der Waals surface area contributed by atoms with Gasteiger partial charge in [0.2, 0.25) is 5.91 Å². The topological polar surface area (TPSA) is 137 Å². The van der Waals surface area contributed by atoms with Crippen molar-refractivity contribution in [1.29, 1.82) is 0 Å². The molecule has 0 aromatic rings. The Bertz CT molecular complexity index is 669. The standard InChI is InChI=1S/C21H35NO8/c1-5-6-14(24)22(15-17(26)16(25)12(10-23)29-18(15)27)19(28)30-13-9-11-7-8-21(13,4)20(11,2)3/h11-13,15-18,23,25-27H,5-10H2,1-4H3/t11?,12-,13-,15-,16-,17-,18?,21?/m1/s1. The second-order valence-corrected chi connectivity index (χ2v) is 9.72. The van der Waals surface area contributed by atoms with Crippen LogP contribution in [0.3, 0.4) is 0 Å². The first-order valence-corrected chi connectivity index (χ1v) is 10.8. The first kappa shape index (κ1) is 23.4. The third-order valence-electron chi connectivity index (χ3n) is 8.05. The lowest BCUT2D eigenvalue weighted by Crippen LogP contribution is -2.66. The number of amides is 2. The van der Waals surface area contributed by atoms with E-state index in [2.05, 4.69) is 20.8 Å². The first-order chi connectivity index (χ1) is 14.0. The fourth-order valence-electron chi connectivity index (χ4n) is 5.57. The van der Waals surface area contributed by atoms with Crippen LogP contribution in [0.2, 0.25) is 0 Å². The molecule has 0 aromatic heterocycles. The molecule has 0 radical (unpaired) electrons. The van der Waals surface area contributed by atoms with Gasteiger partial charge in [-0.1, -0.05) is 27.7 Å². The van der Waals surface area contributed by atoms with Crippen LogP contribution < -0.4 is 0 Å². The second kappa shape index (κ2) is 8.35. The van der Waals surface area contributed by atoms with E-state index in [0.29, 0.717) is 23.7 Å². The van der Waals surface area contributed by atoms with E-state index < -0.39 is 49.3 Å². The molecule has 2 bridgehead atoms. The van der Waals surface area contributed by atoms with E-state index >= 15 is 0 Å². The zero-order valence-corrected chi connectivity index (χ0v) is 18.2. The Morgan fingerprint density at radius 3 is 2.33 bits per heavy atom. The zero-order valence-electron chi connectivity index (χ0n) is 18.2. The van der Waals surface area contributed by atoms with Crippen LogP contribution in [0.1, 0.15) is 59.8 Å². The molecule has 1 heterocycles. The van der Waals surface area contributed by atoms with Gasteiger partial charge in [0.05, 0.1) is 6.61 Å². The minimum atomic E-state index is -1.76. The molecular formula is C21H35NO8. The summed E-state index contributed by atoms with van der Waals surface area (Å²) < 4.78 is 11.0. The van der Waals surface area contributed by atoms with Crippen LogP contribution >= 0.6 is 0 Å². The molecule has 0 spiro atoms. The van der Waals surface area contributed by atoms with Crippen molar-refractivity contribution in [2.75, 3.05) is 6.61 Å². The molecule has 0 aromatic carbocycles. The zero-order chi connectivity index (χ0) is 22.4. The quantitative estimate of drug-likeness (QED) is 0.503. The van der Waals surface area contributed by atoms with E-state index in [0.717, 1.165) is 12.8 Å². The van der Waals surface area contributed by atoms with Crippen LogP contribution in [0.15, 0.2) is 0 Å². The van der Waals surface area contributed by atoms with Crippen molar-refractivity contribution in [3.63, 3.8) is 0 Å². The molecule has 8 atom stereocenters. The Morgan fingerprint density at radius 2 is 1.83 bits per heavy atom. The fraction of sp³-hybridized carbons (Fsp3) is 0.905. The van der Waals surface area contributed by atoms with Crippen LogP contribution in [-0.2, 0) is 14.3 Å². The number of carbonyl (C=O) groups excluding carboxylic acids is 2. The smallest absolute Gasteiger partial charge is 0.417 e. The highest BCUT2D eigenvalue weighted by Gasteiger charge is 2.63. The van der Waals surface area contributed by atoms with Crippen molar-refractivity contribution in [1.82, 2.24) is 4.90 Å².